The third-order valence-corrected chi connectivity index (χ3v) is 2.57. The van der Waals surface area contributed by atoms with Crippen molar-refractivity contribution in [2.75, 3.05) is 0 Å². The minimum Gasteiger partial charge on any atom is -0.0773 e. The molecule has 0 aromatic carbocycles. The third kappa shape index (κ3) is 2.37. The van der Waals surface area contributed by atoms with Crippen LogP contribution in [-0.2, 0) is 0 Å². The fourth-order valence-corrected chi connectivity index (χ4v) is 1.37. The first-order valence-corrected chi connectivity index (χ1v) is 4.77. The molecule has 1 aliphatic carbocycles. The maximum Gasteiger partial charge on any atom is -0.00216 e. The average molecular weight is 162 g/mol. The molecule has 0 aromatic rings. The minimum atomic E-state index is 0.628. The van der Waals surface area contributed by atoms with Crippen LogP contribution < -0.4 is 0 Å². The molecule has 0 heteroatoms. The predicted octanol–water partition coefficient (Wildman–Crippen LogP) is 3.72. The SMILES string of the molecule is CCC(C)C1C=CC=C(C)C=C1. The predicted molar refractivity (Wildman–Crippen MR) is 55.0 cm³/mol. The Labute approximate surface area is 75.7 Å². The highest BCUT2D eigenvalue weighted by molar-refractivity contribution is 5.27. The molecule has 0 nitrogen and oxygen atoms in total. The van der Waals surface area contributed by atoms with Gasteiger partial charge < -0.3 is 0 Å². The Morgan fingerprint density at radius 1 is 1.42 bits per heavy atom. The van der Waals surface area contributed by atoms with Gasteiger partial charge in [-0.25, -0.2) is 0 Å². The normalized spacial score (nSPS) is 24.9. The molecular weight excluding hydrogens is 144 g/mol. The molecule has 1 rings (SSSR count). The second-order valence-electron chi connectivity index (χ2n) is 3.62. The molecule has 0 saturated carbocycles. The summed E-state index contributed by atoms with van der Waals surface area (Å²) in [6.07, 6.45) is 12.4. The van der Waals surface area contributed by atoms with Crippen molar-refractivity contribution in [2.45, 2.75) is 27.2 Å². The molecule has 0 N–H and O–H groups in total. The molecule has 2 atom stereocenters. The molecule has 0 spiro atoms. The van der Waals surface area contributed by atoms with Gasteiger partial charge in [-0.15, -0.1) is 0 Å². The van der Waals surface area contributed by atoms with Crippen molar-refractivity contribution in [1.82, 2.24) is 0 Å². The third-order valence-electron chi connectivity index (χ3n) is 2.57. The fourth-order valence-electron chi connectivity index (χ4n) is 1.37. The zero-order chi connectivity index (χ0) is 8.97. The topological polar surface area (TPSA) is 0 Å². The monoisotopic (exact) mass is 162 g/mol. The van der Waals surface area contributed by atoms with Crippen LogP contribution in [0.4, 0.5) is 0 Å². The number of rotatable bonds is 2. The molecule has 66 valence electrons. The van der Waals surface area contributed by atoms with E-state index in [1.165, 1.54) is 12.0 Å². The van der Waals surface area contributed by atoms with E-state index in [2.05, 4.69) is 51.2 Å². The van der Waals surface area contributed by atoms with Gasteiger partial charge in [0.15, 0.2) is 0 Å². The summed E-state index contributed by atoms with van der Waals surface area (Å²) in [5, 5.41) is 0. The van der Waals surface area contributed by atoms with E-state index in [-0.39, 0.29) is 0 Å². The molecule has 0 aliphatic heterocycles. The van der Waals surface area contributed by atoms with E-state index < -0.39 is 0 Å². The molecular formula is C12H18. The molecule has 0 saturated heterocycles. The zero-order valence-electron chi connectivity index (χ0n) is 8.25. The minimum absolute atomic E-state index is 0.628. The van der Waals surface area contributed by atoms with E-state index in [4.69, 9.17) is 0 Å². The Morgan fingerprint density at radius 2 is 2.17 bits per heavy atom. The largest absolute Gasteiger partial charge is 0.0773 e. The molecule has 0 bridgehead atoms. The number of hydrogen-bond acceptors (Lipinski definition) is 0. The van der Waals surface area contributed by atoms with Gasteiger partial charge >= 0.3 is 0 Å². The molecule has 12 heavy (non-hydrogen) atoms. The quantitative estimate of drug-likeness (QED) is 0.580. The number of allylic oxidation sites excluding steroid dienone is 6. The molecule has 0 heterocycles. The van der Waals surface area contributed by atoms with Gasteiger partial charge in [-0.3, -0.25) is 0 Å². The van der Waals surface area contributed by atoms with Crippen LogP contribution in [0.15, 0.2) is 36.0 Å². The Kier molecular flexibility index (Phi) is 3.33. The van der Waals surface area contributed by atoms with E-state index in [0.717, 1.165) is 5.92 Å². The van der Waals surface area contributed by atoms with Gasteiger partial charge in [0.1, 0.15) is 0 Å². The number of hydrogen-bond donors (Lipinski definition) is 0. The van der Waals surface area contributed by atoms with E-state index >= 15 is 0 Å². The van der Waals surface area contributed by atoms with Crippen LogP contribution in [0.3, 0.4) is 0 Å². The van der Waals surface area contributed by atoms with Crippen molar-refractivity contribution in [3.8, 4) is 0 Å². The van der Waals surface area contributed by atoms with E-state index in [1.807, 2.05) is 0 Å². The summed E-state index contributed by atoms with van der Waals surface area (Å²) in [5.74, 6) is 1.39. The highest BCUT2D eigenvalue weighted by atomic mass is 14.1. The van der Waals surface area contributed by atoms with Crippen LogP contribution in [0, 0.1) is 11.8 Å². The van der Waals surface area contributed by atoms with Crippen molar-refractivity contribution >= 4 is 0 Å². The van der Waals surface area contributed by atoms with Crippen LogP contribution in [0.2, 0.25) is 0 Å². The molecule has 1 aliphatic rings. The van der Waals surface area contributed by atoms with Gasteiger partial charge in [-0.1, -0.05) is 56.2 Å². The summed E-state index contributed by atoms with van der Waals surface area (Å²) in [5.41, 5.74) is 1.34. The molecule has 0 amide bonds. The molecule has 2 unspecified atom stereocenters. The zero-order valence-corrected chi connectivity index (χ0v) is 8.25. The van der Waals surface area contributed by atoms with Crippen molar-refractivity contribution < 1.29 is 0 Å². The second kappa shape index (κ2) is 4.30. The first-order chi connectivity index (χ1) is 5.74. The molecule has 0 aromatic heterocycles. The van der Waals surface area contributed by atoms with Gasteiger partial charge in [-0.2, -0.15) is 0 Å². The maximum atomic E-state index is 2.31. The summed E-state index contributed by atoms with van der Waals surface area (Å²) >= 11 is 0. The second-order valence-corrected chi connectivity index (χ2v) is 3.62. The van der Waals surface area contributed by atoms with Crippen molar-refractivity contribution in [3.05, 3.63) is 36.0 Å². The highest BCUT2D eigenvalue weighted by Crippen LogP contribution is 2.20. The Balaban J connectivity index is 2.67. The summed E-state index contributed by atoms with van der Waals surface area (Å²) < 4.78 is 0. The first kappa shape index (κ1) is 9.31. The standard InChI is InChI=1S/C12H18/c1-4-11(3)12-7-5-6-10(2)8-9-12/h5-9,11-12H,4H2,1-3H3. The lowest BCUT2D eigenvalue weighted by Gasteiger charge is -2.14. The van der Waals surface area contributed by atoms with Gasteiger partial charge in [0, 0.05) is 0 Å². The first-order valence-electron chi connectivity index (χ1n) is 4.77. The fraction of sp³-hybridized carbons (Fsp3) is 0.500. The van der Waals surface area contributed by atoms with Crippen LogP contribution in [-0.4, -0.2) is 0 Å². The van der Waals surface area contributed by atoms with Gasteiger partial charge in [-0.05, 0) is 18.8 Å². The molecule has 0 radical (unpaired) electrons. The van der Waals surface area contributed by atoms with Gasteiger partial charge in [0.2, 0.25) is 0 Å². The smallest absolute Gasteiger partial charge is 0.00216 e. The van der Waals surface area contributed by atoms with Gasteiger partial charge in [0.05, 0.1) is 0 Å². The van der Waals surface area contributed by atoms with Crippen LogP contribution in [0.1, 0.15) is 27.2 Å². The average Bonchev–Trinajstić information content (AvgIpc) is 2.29. The summed E-state index contributed by atoms with van der Waals surface area (Å²) in [6, 6.07) is 0. The lowest BCUT2D eigenvalue weighted by Crippen LogP contribution is -2.04. The Bertz CT molecular complexity index is 218. The van der Waals surface area contributed by atoms with Crippen LogP contribution in [0.25, 0.3) is 0 Å². The van der Waals surface area contributed by atoms with Crippen molar-refractivity contribution in [3.63, 3.8) is 0 Å². The van der Waals surface area contributed by atoms with Crippen molar-refractivity contribution in [2.24, 2.45) is 11.8 Å². The van der Waals surface area contributed by atoms with Crippen LogP contribution in [0.5, 0.6) is 0 Å². The maximum absolute atomic E-state index is 2.31. The van der Waals surface area contributed by atoms with E-state index in [9.17, 15) is 0 Å². The van der Waals surface area contributed by atoms with Gasteiger partial charge in [0.25, 0.3) is 0 Å². The highest BCUT2D eigenvalue weighted by Gasteiger charge is 2.09. The van der Waals surface area contributed by atoms with Crippen LogP contribution >= 0.6 is 0 Å². The van der Waals surface area contributed by atoms with E-state index in [1.54, 1.807) is 0 Å². The van der Waals surface area contributed by atoms with Crippen molar-refractivity contribution in [1.29, 1.82) is 0 Å². The van der Waals surface area contributed by atoms with E-state index in [0.29, 0.717) is 5.92 Å². The molecule has 0 fully saturated rings. The Hall–Kier alpha value is -0.780. The summed E-state index contributed by atoms with van der Waals surface area (Å²) in [6.45, 7) is 6.69. The lowest BCUT2D eigenvalue weighted by molar-refractivity contribution is 0.483. The summed E-state index contributed by atoms with van der Waals surface area (Å²) in [7, 11) is 0. The summed E-state index contributed by atoms with van der Waals surface area (Å²) in [4.78, 5) is 0. The Morgan fingerprint density at radius 3 is 2.83 bits per heavy atom. The lowest BCUT2D eigenvalue weighted by atomic mass is 9.91.